The van der Waals surface area contributed by atoms with Crippen molar-refractivity contribution in [3.05, 3.63) is 180 Å². The summed E-state index contributed by atoms with van der Waals surface area (Å²) >= 11 is 0. The van der Waals surface area contributed by atoms with Gasteiger partial charge in [0.15, 0.2) is 5.84 Å². The zero-order chi connectivity index (χ0) is 33.5. The van der Waals surface area contributed by atoms with E-state index in [0.29, 0.717) is 5.84 Å². The second-order valence-electron chi connectivity index (χ2n) is 13.4. The van der Waals surface area contributed by atoms with Crippen LogP contribution in [0.5, 0.6) is 0 Å². The molecule has 9 aromatic carbocycles. The molecule has 238 valence electrons. The summed E-state index contributed by atoms with van der Waals surface area (Å²) in [5.41, 5.74) is 7.19. The highest BCUT2D eigenvalue weighted by Crippen LogP contribution is 2.46. The van der Waals surface area contributed by atoms with Crippen molar-refractivity contribution in [3.8, 4) is 11.1 Å². The molecule has 0 spiro atoms. The number of benzene rings is 9. The number of hydrogen-bond acceptors (Lipinski definition) is 4. The van der Waals surface area contributed by atoms with Crippen LogP contribution in [0.2, 0.25) is 0 Å². The minimum absolute atomic E-state index is 0.267. The average Bonchev–Trinajstić information content (AvgIpc) is 3.59. The number of rotatable bonds is 4. The summed E-state index contributed by atoms with van der Waals surface area (Å²) in [5, 5.41) is 15.6. The van der Waals surface area contributed by atoms with E-state index in [2.05, 4.69) is 145 Å². The van der Waals surface area contributed by atoms with Gasteiger partial charge in [-0.1, -0.05) is 127 Å². The van der Waals surface area contributed by atoms with Crippen molar-refractivity contribution in [2.75, 3.05) is 0 Å². The summed E-state index contributed by atoms with van der Waals surface area (Å²) in [6, 6.07) is 58.0. The highest BCUT2D eigenvalue weighted by Gasteiger charge is 2.24. The van der Waals surface area contributed by atoms with Gasteiger partial charge in [0.1, 0.15) is 23.2 Å². The Morgan fingerprint density at radius 2 is 1.08 bits per heavy atom. The lowest BCUT2D eigenvalue weighted by Crippen LogP contribution is -2.33. The first kappa shape index (κ1) is 28.1. The van der Waals surface area contributed by atoms with E-state index in [9.17, 15) is 0 Å². The minimum Gasteiger partial charge on any atom is -0.456 e. The lowest BCUT2D eigenvalue weighted by Gasteiger charge is -2.24. The molecule has 4 heteroatoms. The molecule has 0 aliphatic carbocycles. The Morgan fingerprint density at radius 3 is 1.86 bits per heavy atom. The van der Waals surface area contributed by atoms with E-state index in [-0.39, 0.29) is 6.17 Å². The third kappa shape index (κ3) is 4.33. The summed E-state index contributed by atoms with van der Waals surface area (Å²) in [4.78, 5) is 10.3. The van der Waals surface area contributed by atoms with Crippen molar-refractivity contribution in [2.24, 2.45) is 9.98 Å². The molecule has 1 aliphatic heterocycles. The molecule has 4 nitrogen and oxygen atoms in total. The van der Waals surface area contributed by atoms with E-state index in [4.69, 9.17) is 14.4 Å². The van der Waals surface area contributed by atoms with Crippen LogP contribution in [-0.2, 0) is 0 Å². The molecule has 0 fully saturated rings. The van der Waals surface area contributed by atoms with Crippen LogP contribution in [0.15, 0.2) is 178 Å². The van der Waals surface area contributed by atoms with Crippen molar-refractivity contribution in [1.82, 2.24) is 5.32 Å². The van der Waals surface area contributed by atoms with E-state index in [1.807, 2.05) is 24.3 Å². The van der Waals surface area contributed by atoms with Crippen LogP contribution >= 0.6 is 0 Å². The van der Waals surface area contributed by atoms with Gasteiger partial charge in [-0.25, -0.2) is 9.98 Å². The zero-order valence-corrected chi connectivity index (χ0v) is 27.5. The SMILES string of the molecule is c1ccc(C2=NC(c3ccc(-c4cc5oc6cccc7c8cc9ccccc9cc8c(c4)c5c67)c4ccccc34)=NC(c3ccccc3)N2)cc1. The van der Waals surface area contributed by atoms with Gasteiger partial charge in [0.2, 0.25) is 0 Å². The molecule has 0 saturated heterocycles. The Hall–Kier alpha value is -6.78. The number of nitrogens with zero attached hydrogens (tertiary/aromatic N) is 2. The Kier molecular flexibility index (Phi) is 5.98. The minimum atomic E-state index is -0.267. The smallest absolute Gasteiger partial charge is 0.160 e. The predicted octanol–water partition coefficient (Wildman–Crippen LogP) is 11.8. The predicted molar refractivity (Wildman–Crippen MR) is 212 cm³/mol. The molecule has 1 unspecified atom stereocenters. The van der Waals surface area contributed by atoms with Gasteiger partial charge in [0.25, 0.3) is 0 Å². The number of nitrogens with one attached hydrogen (secondary N) is 1. The van der Waals surface area contributed by atoms with Gasteiger partial charge >= 0.3 is 0 Å². The number of fused-ring (bicyclic) bond motifs is 5. The van der Waals surface area contributed by atoms with Crippen LogP contribution in [0.1, 0.15) is 22.9 Å². The van der Waals surface area contributed by atoms with Gasteiger partial charge in [0, 0.05) is 21.9 Å². The Bertz CT molecular complexity index is 3050. The topological polar surface area (TPSA) is 49.9 Å². The van der Waals surface area contributed by atoms with Gasteiger partial charge in [0.05, 0.1) is 0 Å². The molecule has 1 N–H and O–H groups in total. The monoisotopic (exact) mass is 651 g/mol. The quantitative estimate of drug-likeness (QED) is 0.152. The second kappa shape index (κ2) is 10.9. The van der Waals surface area contributed by atoms with E-state index < -0.39 is 0 Å². The van der Waals surface area contributed by atoms with Crippen LogP contribution in [0.4, 0.5) is 0 Å². The van der Waals surface area contributed by atoms with Crippen LogP contribution in [-0.4, -0.2) is 11.7 Å². The Morgan fingerprint density at radius 1 is 0.451 bits per heavy atom. The van der Waals surface area contributed by atoms with Gasteiger partial charge < -0.3 is 9.73 Å². The maximum Gasteiger partial charge on any atom is 0.160 e. The normalized spacial score (nSPS) is 14.9. The van der Waals surface area contributed by atoms with Crippen molar-refractivity contribution < 1.29 is 4.42 Å². The van der Waals surface area contributed by atoms with Crippen LogP contribution in [0, 0.1) is 0 Å². The fourth-order valence-corrected chi connectivity index (χ4v) is 8.09. The van der Waals surface area contributed by atoms with E-state index in [0.717, 1.165) is 55.6 Å². The summed E-state index contributed by atoms with van der Waals surface area (Å²) < 4.78 is 6.64. The standard InChI is InChI=1S/C47H29N3O/c1-3-12-28(13-4-1)45-48-46(29-14-5-2-6-15-29)50-47(49-45)37-23-22-33(34-18-9-10-19-35(34)37)32-26-40-39-25-31-17-8-7-16-30(31)24-38(39)36-20-11-21-41-43(36)44(40)42(27-32)51-41/h1-27,45H,(H,48,49,50). The Balaban J connectivity index is 1.14. The first-order valence-corrected chi connectivity index (χ1v) is 17.4. The summed E-state index contributed by atoms with van der Waals surface area (Å²) in [5.74, 6) is 1.52. The molecule has 0 bridgehead atoms. The van der Waals surface area contributed by atoms with Crippen molar-refractivity contribution in [1.29, 1.82) is 0 Å². The molecular weight excluding hydrogens is 623 g/mol. The van der Waals surface area contributed by atoms with Crippen molar-refractivity contribution in [3.63, 3.8) is 0 Å². The summed E-state index contributed by atoms with van der Waals surface area (Å²) in [7, 11) is 0. The Labute approximate surface area is 293 Å². The molecule has 51 heavy (non-hydrogen) atoms. The zero-order valence-electron chi connectivity index (χ0n) is 27.5. The fraction of sp³-hybridized carbons (Fsp3) is 0.0213. The third-order valence-corrected chi connectivity index (χ3v) is 10.4. The van der Waals surface area contributed by atoms with Crippen molar-refractivity contribution >= 4 is 76.7 Å². The molecular formula is C47H29N3O. The highest BCUT2D eigenvalue weighted by molar-refractivity contribution is 6.34. The summed E-state index contributed by atoms with van der Waals surface area (Å²) in [6.45, 7) is 0. The third-order valence-electron chi connectivity index (χ3n) is 10.4. The van der Waals surface area contributed by atoms with Crippen molar-refractivity contribution in [2.45, 2.75) is 6.17 Å². The molecule has 0 radical (unpaired) electrons. The van der Waals surface area contributed by atoms with Gasteiger partial charge in [-0.15, -0.1) is 0 Å². The van der Waals surface area contributed by atoms with E-state index >= 15 is 0 Å². The molecule has 1 aromatic heterocycles. The number of hydrogen-bond donors (Lipinski definition) is 1. The number of amidine groups is 2. The fourth-order valence-electron chi connectivity index (χ4n) is 8.09. The maximum atomic E-state index is 6.64. The van der Waals surface area contributed by atoms with Gasteiger partial charge in [-0.05, 0) is 96.2 Å². The van der Waals surface area contributed by atoms with Crippen LogP contribution in [0.25, 0.3) is 76.2 Å². The lowest BCUT2D eigenvalue weighted by molar-refractivity contribution is 0.669. The van der Waals surface area contributed by atoms with E-state index in [1.54, 1.807) is 0 Å². The van der Waals surface area contributed by atoms with Crippen LogP contribution in [0.3, 0.4) is 0 Å². The molecule has 1 aliphatic rings. The highest BCUT2D eigenvalue weighted by atomic mass is 16.3. The lowest BCUT2D eigenvalue weighted by atomic mass is 9.89. The molecule has 0 saturated carbocycles. The molecule has 10 aromatic rings. The number of aliphatic imine (C=N–C) groups is 2. The summed E-state index contributed by atoms with van der Waals surface area (Å²) in [6.07, 6.45) is -0.267. The largest absolute Gasteiger partial charge is 0.456 e. The molecule has 11 rings (SSSR count). The maximum absolute atomic E-state index is 6.64. The first-order chi connectivity index (χ1) is 25.3. The van der Waals surface area contributed by atoms with Gasteiger partial charge in [-0.2, -0.15) is 0 Å². The first-order valence-electron chi connectivity index (χ1n) is 17.4. The van der Waals surface area contributed by atoms with Crippen LogP contribution < -0.4 is 5.32 Å². The van der Waals surface area contributed by atoms with Gasteiger partial charge in [-0.3, -0.25) is 0 Å². The molecule has 1 atom stereocenters. The second-order valence-corrected chi connectivity index (χ2v) is 13.4. The number of furan rings is 1. The molecule has 2 heterocycles. The average molecular weight is 652 g/mol. The van der Waals surface area contributed by atoms with E-state index in [1.165, 1.54) is 43.1 Å². The molecule has 0 amide bonds.